The van der Waals surface area contributed by atoms with Crippen LogP contribution in [0.4, 0.5) is 0 Å². The lowest BCUT2D eigenvalue weighted by molar-refractivity contribution is 0.680. The van der Waals surface area contributed by atoms with Gasteiger partial charge >= 0.3 is 0 Å². The van der Waals surface area contributed by atoms with Crippen LogP contribution in [0.2, 0.25) is 0 Å². The summed E-state index contributed by atoms with van der Waals surface area (Å²) in [6.45, 7) is 3.14. The summed E-state index contributed by atoms with van der Waals surface area (Å²) in [7, 11) is 1.95. The Morgan fingerprint density at radius 2 is 2.21 bits per heavy atom. The molecule has 0 aliphatic rings. The van der Waals surface area contributed by atoms with E-state index in [9.17, 15) is 0 Å². The predicted molar refractivity (Wildman–Crippen MR) is 56.1 cm³/mol. The number of nitrogens with one attached hydrogen (secondary N) is 1. The van der Waals surface area contributed by atoms with Gasteiger partial charge in [0.1, 0.15) is 0 Å². The maximum atomic E-state index is 4.43. The summed E-state index contributed by atoms with van der Waals surface area (Å²) in [6, 6.07) is 0. The van der Waals surface area contributed by atoms with Crippen LogP contribution in [-0.4, -0.2) is 28.8 Å². The molecule has 0 amide bonds. The van der Waals surface area contributed by atoms with E-state index in [1.54, 1.807) is 6.20 Å². The molecule has 0 unspecified atom stereocenters. The van der Waals surface area contributed by atoms with Gasteiger partial charge in [0, 0.05) is 6.42 Å². The molecule has 0 aromatic carbocycles. The van der Waals surface area contributed by atoms with Crippen LogP contribution in [0.25, 0.3) is 0 Å². The van der Waals surface area contributed by atoms with Crippen molar-refractivity contribution in [1.29, 1.82) is 0 Å². The maximum absolute atomic E-state index is 4.43. The molecule has 78 valence electrons. The van der Waals surface area contributed by atoms with Gasteiger partial charge in [-0.05, 0) is 26.4 Å². The number of hydrogen-bond donors (Lipinski definition) is 1. The van der Waals surface area contributed by atoms with E-state index >= 15 is 0 Å². The van der Waals surface area contributed by atoms with Crippen molar-refractivity contribution < 1.29 is 0 Å². The largest absolute Gasteiger partial charge is 0.320 e. The van der Waals surface area contributed by atoms with E-state index < -0.39 is 0 Å². The van der Waals surface area contributed by atoms with Crippen molar-refractivity contribution in [2.75, 3.05) is 13.6 Å². The van der Waals surface area contributed by atoms with Gasteiger partial charge in [0.25, 0.3) is 0 Å². The Kier molecular flexibility index (Phi) is 5.07. The Morgan fingerprint density at radius 1 is 1.36 bits per heavy atom. The number of aromatic nitrogens is 3. The highest BCUT2D eigenvalue weighted by Gasteiger charge is 1.99. The van der Waals surface area contributed by atoms with Gasteiger partial charge in [-0.15, -0.1) is 5.10 Å². The molecule has 1 aromatic rings. The third-order valence-electron chi connectivity index (χ3n) is 1.99. The average Bonchev–Trinajstić information content (AvgIpc) is 2.19. The molecule has 0 atom stereocenters. The highest BCUT2D eigenvalue weighted by Crippen LogP contribution is 1.99. The molecule has 1 rings (SSSR count). The zero-order chi connectivity index (χ0) is 10.2. The van der Waals surface area contributed by atoms with Crippen molar-refractivity contribution in [3.8, 4) is 0 Å². The second-order valence-corrected chi connectivity index (χ2v) is 3.32. The summed E-state index contributed by atoms with van der Waals surface area (Å²) in [5.74, 6) is 0.867. The van der Waals surface area contributed by atoms with Gasteiger partial charge in [0.2, 0.25) is 0 Å². The predicted octanol–water partition coefficient (Wildman–Crippen LogP) is 0.976. The molecule has 1 heterocycles. The fourth-order valence-corrected chi connectivity index (χ4v) is 1.28. The molecular weight excluding hydrogens is 176 g/mol. The second-order valence-electron chi connectivity index (χ2n) is 3.32. The second kappa shape index (κ2) is 6.43. The molecule has 0 aliphatic carbocycles. The lowest BCUT2D eigenvalue weighted by atomic mass is 10.2. The van der Waals surface area contributed by atoms with Crippen molar-refractivity contribution in [1.82, 2.24) is 20.5 Å². The summed E-state index contributed by atoms with van der Waals surface area (Å²) in [4.78, 5) is 4.43. The van der Waals surface area contributed by atoms with Crippen LogP contribution in [0.5, 0.6) is 0 Å². The van der Waals surface area contributed by atoms with E-state index in [0.717, 1.165) is 43.7 Å². The van der Waals surface area contributed by atoms with Crippen LogP contribution in [0.15, 0.2) is 6.20 Å². The Hall–Kier alpha value is -1.03. The van der Waals surface area contributed by atoms with E-state index in [1.807, 2.05) is 7.05 Å². The lowest BCUT2D eigenvalue weighted by Gasteiger charge is -2.01. The van der Waals surface area contributed by atoms with Gasteiger partial charge in [-0.2, -0.15) is 5.10 Å². The molecule has 4 nitrogen and oxygen atoms in total. The molecule has 0 spiro atoms. The molecule has 0 aliphatic heterocycles. The number of aryl methyl sites for hydroxylation is 2. The number of hydrogen-bond acceptors (Lipinski definition) is 4. The van der Waals surface area contributed by atoms with E-state index in [4.69, 9.17) is 0 Å². The first-order valence-electron chi connectivity index (χ1n) is 5.19. The van der Waals surface area contributed by atoms with Gasteiger partial charge in [-0.3, -0.25) is 0 Å². The van der Waals surface area contributed by atoms with E-state index in [2.05, 4.69) is 27.4 Å². The van der Waals surface area contributed by atoms with E-state index in [-0.39, 0.29) is 0 Å². The van der Waals surface area contributed by atoms with E-state index in [1.165, 1.54) is 0 Å². The summed E-state index contributed by atoms with van der Waals surface area (Å²) >= 11 is 0. The van der Waals surface area contributed by atoms with E-state index in [0.29, 0.717) is 0 Å². The van der Waals surface area contributed by atoms with Gasteiger partial charge in [-0.25, -0.2) is 4.98 Å². The van der Waals surface area contributed by atoms with Crippen molar-refractivity contribution in [2.45, 2.75) is 32.6 Å². The van der Waals surface area contributed by atoms with Crippen molar-refractivity contribution in [2.24, 2.45) is 0 Å². The summed E-state index contributed by atoms with van der Waals surface area (Å²) in [5, 5.41) is 11.1. The van der Waals surface area contributed by atoms with Crippen molar-refractivity contribution >= 4 is 0 Å². The molecule has 0 fully saturated rings. The van der Waals surface area contributed by atoms with Crippen LogP contribution in [0.1, 0.15) is 31.3 Å². The Morgan fingerprint density at radius 3 is 2.93 bits per heavy atom. The average molecular weight is 194 g/mol. The van der Waals surface area contributed by atoms with Crippen LogP contribution in [0.3, 0.4) is 0 Å². The summed E-state index contributed by atoms with van der Waals surface area (Å²) in [5.41, 5.74) is 1.06. The molecular formula is C10H18N4. The summed E-state index contributed by atoms with van der Waals surface area (Å²) in [6.07, 6.45) is 5.83. The highest BCUT2D eigenvalue weighted by molar-refractivity contribution is 4.96. The molecule has 0 saturated carbocycles. The fourth-order valence-electron chi connectivity index (χ4n) is 1.28. The van der Waals surface area contributed by atoms with Gasteiger partial charge in [0.05, 0.1) is 11.9 Å². The highest BCUT2D eigenvalue weighted by atomic mass is 15.1. The molecule has 0 bridgehead atoms. The molecule has 1 N–H and O–H groups in total. The zero-order valence-electron chi connectivity index (χ0n) is 8.95. The molecule has 4 heteroatoms. The molecule has 0 saturated heterocycles. The smallest absolute Gasteiger partial charge is 0.151 e. The lowest BCUT2D eigenvalue weighted by Crippen LogP contribution is -2.10. The molecule has 1 aromatic heterocycles. The minimum Gasteiger partial charge on any atom is -0.320 e. The number of rotatable bonds is 6. The van der Waals surface area contributed by atoms with Gasteiger partial charge < -0.3 is 5.32 Å². The minimum absolute atomic E-state index is 0.867. The zero-order valence-corrected chi connectivity index (χ0v) is 8.95. The topological polar surface area (TPSA) is 50.7 Å². The van der Waals surface area contributed by atoms with Crippen LogP contribution < -0.4 is 5.32 Å². The molecule has 0 radical (unpaired) electrons. The van der Waals surface area contributed by atoms with Crippen LogP contribution >= 0.6 is 0 Å². The fraction of sp³-hybridized carbons (Fsp3) is 0.700. The normalized spacial score (nSPS) is 10.4. The van der Waals surface area contributed by atoms with Crippen molar-refractivity contribution in [3.63, 3.8) is 0 Å². The van der Waals surface area contributed by atoms with Crippen molar-refractivity contribution in [3.05, 3.63) is 17.7 Å². The number of nitrogens with zero attached hydrogens (tertiary/aromatic N) is 3. The van der Waals surface area contributed by atoms with Crippen LogP contribution in [-0.2, 0) is 12.8 Å². The Bertz CT molecular complexity index is 262. The molecule has 14 heavy (non-hydrogen) atoms. The third-order valence-corrected chi connectivity index (χ3v) is 1.99. The van der Waals surface area contributed by atoms with Gasteiger partial charge in [-0.1, -0.05) is 13.3 Å². The first-order chi connectivity index (χ1) is 6.86. The monoisotopic (exact) mass is 194 g/mol. The first kappa shape index (κ1) is 11.0. The first-order valence-corrected chi connectivity index (χ1v) is 5.19. The third kappa shape index (κ3) is 3.79. The quantitative estimate of drug-likeness (QED) is 0.686. The Labute approximate surface area is 85.2 Å². The standard InChI is InChI=1S/C10H18N4/c1-3-5-9-8-12-14-10(13-9)6-4-7-11-2/h8,11H,3-7H2,1-2H3. The SMILES string of the molecule is CCCc1cnnc(CCCNC)n1. The maximum Gasteiger partial charge on any atom is 0.151 e. The minimum atomic E-state index is 0.867. The Balaban J connectivity index is 2.46. The van der Waals surface area contributed by atoms with Crippen LogP contribution in [0, 0.1) is 0 Å². The van der Waals surface area contributed by atoms with Gasteiger partial charge in [0.15, 0.2) is 5.82 Å². The summed E-state index contributed by atoms with van der Waals surface area (Å²) < 4.78 is 0.